The van der Waals surface area contributed by atoms with Gasteiger partial charge in [-0.15, -0.1) is 0 Å². The molecule has 2 heterocycles. The summed E-state index contributed by atoms with van der Waals surface area (Å²) in [5, 5.41) is 0. The maximum Gasteiger partial charge on any atom is 0.219 e. The monoisotopic (exact) mass is 225 g/mol. The van der Waals surface area contributed by atoms with E-state index in [2.05, 4.69) is 11.9 Å². The summed E-state index contributed by atoms with van der Waals surface area (Å²) in [7, 11) is 2.28. The van der Waals surface area contributed by atoms with E-state index in [4.69, 9.17) is 0 Å². The topological polar surface area (TPSA) is 24.8 Å². The predicted molar refractivity (Wildman–Crippen MR) is 64.4 cm³/mol. The normalized spacial score (nSPS) is 36.1. The first-order valence-electron chi connectivity index (χ1n) is 6.77. The van der Waals surface area contributed by atoms with E-state index in [0.29, 0.717) is 6.04 Å². The summed E-state index contributed by atoms with van der Waals surface area (Å²) in [4.78, 5) is 15.4. The van der Waals surface area contributed by atoms with Gasteiger partial charge >= 0.3 is 0 Å². The molecule has 92 valence electrons. The molecule has 2 rings (SSSR count). The molecule has 16 heavy (non-hydrogen) atoms. The van der Waals surface area contributed by atoms with Crippen molar-refractivity contribution < 1.29 is 9.69 Å². The second-order valence-corrected chi connectivity index (χ2v) is 5.59. The Hall–Kier alpha value is -0.570. The summed E-state index contributed by atoms with van der Waals surface area (Å²) in [5.41, 5.74) is 0. The van der Waals surface area contributed by atoms with Crippen LogP contribution in [-0.4, -0.2) is 43.5 Å². The predicted octanol–water partition coefficient (Wildman–Crippen LogP) is 0.312. The SMILES string of the molecule is CC(=O)N1CCCC[C@H]1C1CCC[NH+](C)C1. The van der Waals surface area contributed by atoms with Crippen molar-refractivity contribution in [2.24, 2.45) is 5.92 Å². The van der Waals surface area contributed by atoms with Gasteiger partial charge < -0.3 is 9.80 Å². The van der Waals surface area contributed by atoms with E-state index < -0.39 is 0 Å². The van der Waals surface area contributed by atoms with Crippen molar-refractivity contribution in [3.63, 3.8) is 0 Å². The van der Waals surface area contributed by atoms with E-state index in [0.717, 1.165) is 12.5 Å². The first-order valence-corrected chi connectivity index (χ1v) is 6.77. The van der Waals surface area contributed by atoms with Gasteiger partial charge in [0, 0.05) is 25.4 Å². The molecule has 3 nitrogen and oxygen atoms in total. The van der Waals surface area contributed by atoms with Crippen molar-refractivity contribution >= 4 is 5.91 Å². The summed E-state index contributed by atoms with van der Waals surface area (Å²) in [6.07, 6.45) is 6.40. The van der Waals surface area contributed by atoms with E-state index in [1.54, 1.807) is 11.8 Å². The molecule has 0 aromatic carbocycles. The molecule has 0 aromatic rings. The van der Waals surface area contributed by atoms with E-state index >= 15 is 0 Å². The van der Waals surface area contributed by atoms with Crippen LogP contribution in [0.2, 0.25) is 0 Å². The van der Waals surface area contributed by atoms with Crippen LogP contribution < -0.4 is 4.90 Å². The lowest BCUT2D eigenvalue weighted by Gasteiger charge is -2.42. The first-order chi connectivity index (χ1) is 7.68. The highest BCUT2D eigenvalue weighted by Crippen LogP contribution is 2.26. The molecule has 0 bridgehead atoms. The van der Waals surface area contributed by atoms with Crippen LogP contribution in [0.3, 0.4) is 0 Å². The number of carbonyl (C=O) groups excluding carboxylic acids is 1. The van der Waals surface area contributed by atoms with Gasteiger partial charge in [0.15, 0.2) is 0 Å². The number of hydrogen-bond acceptors (Lipinski definition) is 1. The third kappa shape index (κ3) is 2.57. The molecule has 1 N–H and O–H groups in total. The molecule has 2 fully saturated rings. The maximum atomic E-state index is 11.7. The fourth-order valence-electron chi connectivity index (χ4n) is 3.48. The molecule has 0 radical (unpaired) electrons. The molecule has 3 heteroatoms. The standard InChI is InChI=1S/C13H24N2O/c1-11(16)15-9-4-3-7-13(15)12-6-5-8-14(2)10-12/h12-13H,3-10H2,1-2H3/p+1/t12?,13-/m0/s1. The van der Waals surface area contributed by atoms with Crippen molar-refractivity contribution in [1.82, 2.24) is 4.90 Å². The minimum atomic E-state index is 0.285. The highest BCUT2D eigenvalue weighted by Gasteiger charge is 2.34. The van der Waals surface area contributed by atoms with E-state index in [-0.39, 0.29) is 5.91 Å². The van der Waals surface area contributed by atoms with Crippen LogP contribution in [0.5, 0.6) is 0 Å². The zero-order valence-electron chi connectivity index (χ0n) is 10.7. The number of piperidine rings is 2. The Morgan fingerprint density at radius 1 is 1.25 bits per heavy atom. The Morgan fingerprint density at radius 2 is 2.06 bits per heavy atom. The Morgan fingerprint density at radius 3 is 2.75 bits per heavy atom. The molecular formula is C13H25N2O+. The quantitative estimate of drug-likeness (QED) is 0.683. The van der Waals surface area contributed by atoms with Crippen molar-refractivity contribution in [1.29, 1.82) is 0 Å². The summed E-state index contributed by atoms with van der Waals surface area (Å²) in [6, 6.07) is 0.543. The zero-order valence-corrected chi connectivity index (χ0v) is 10.7. The molecule has 2 unspecified atom stereocenters. The van der Waals surface area contributed by atoms with Crippen molar-refractivity contribution in [3.05, 3.63) is 0 Å². The Kier molecular flexibility index (Phi) is 3.85. The van der Waals surface area contributed by atoms with Crippen LogP contribution in [-0.2, 0) is 4.79 Å². The number of hydrogen-bond donors (Lipinski definition) is 1. The third-order valence-corrected chi connectivity index (χ3v) is 4.29. The van der Waals surface area contributed by atoms with Crippen molar-refractivity contribution in [2.45, 2.75) is 45.1 Å². The third-order valence-electron chi connectivity index (χ3n) is 4.29. The van der Waals surface area contributed by atoms with Crippen molar-refractivity contribution in [3.8, 4) is 0 Å². The molecular weight excluding hydrogens is 200 g/mol. The van der Waals surface area contributed by atoms with Gasteiger partial charge in [0.25, 0.3) is 0 Å². The summed E-state index contributed by atoms with van der Waals surface area (Å²) < 4.78 is 0. The van der Waals surface area contributed by atoms with E-state index in [9.17, 15) is 4.79 Å². The number of quaternary nitrogens is 1. The average Bonchev–Trinajstić information content (AvgIpc) is 2.29. The molecule has 0 spiro atoms. The average molecular weight is 225 g/mol. The smallest absolute Gasteiger partial charge is 0.219 e. The van der Waals surface area contributed by atoms with Gasteiger partial charge in [0.2, 0.25) is 5.91 Å². The lowest BCUT2D eigenvalue weighted by atomic mass is 9.85. The molecule has 0 aliphatic carbocycles. The molecule has 0 aromatic heterocycles. The fourth-order valence-corrected chi connectivity index (χ4v) is 3.48. The molecule has 2 saturated heterocycles. The lowest BCUT2D eigenvalue weighted by Crippen LogP contribution is -3.11. The van der Waals surface area contributed by atoms with Crippen LogP contribution in [0.1, 0.15) is 39.0 Å². The van der Waals surface area contributed by atoms with Gasteiger partial charge in [0.1, 0.15) is 0 Å². The van der Waals surface area contributed by atoms with Crippen LogP contribution in [0, 0.1) is 5.92 Å². The maximum absolute atomic E-state index is 11.7. The number of amides is 1. The number of likely N-dealkylation sites (tertiary alicyclic amines) is 2. The Bertz CT molecular complexity index is 254. The van der Waals surface area contributed by atoms with Crippen molar-refractivity contribution in [2.75, 3.05) is 26.7 Å². The summed E-state index contributed by atoms with van der Waals surface area (Å²) in [5.74, 6) is 1.03. The number of carbonyl (C=O) groups is 1. The van der Waals surface area contributed by atoms with Gasteiger partial charge in [-0.25, -0.2) is 0 Å². The molecule has 0 saturated carbocycles. The molecule has 2 aliphatic rings. The minimum Gasteiger partial charge on any atom is -0.339 e. The van der Waals surface area contributed by atoms with Gasteiger partial charge in [-0.1, -0.05) is 0 Å². The first kappa shape index (κ1) is 11.9. The van der Waals surface area contributed by atoms with Crippen LogP contribution in [0.25, 0.3) is 0 Å². The van der Waals surface area contributed by atoms with Crippen LogP contribution >= 0.6 is 0 Å². The van der Waals surface area contributed by atoms with Gasteiger partial charge in [-0.2, -0.15) is 0 Å². The largest absolute Gasteiger partial charge is 0.339 e. The summed E-state index contributed by atoms with van der Waals surface area (Å²) in [6.45, 7) is 5.30. The molecule has 2 aliphatic heterocycles. The second-order valence-electron chi connectivity index (χ2n) is 5.59. The summed E-state index contributed by atoms with van der Waals surface area (Å²) >= 11 is 0. The zero-order chi connectivity index (χ0) is 11.5. The van der Waals surface area contributed by atoms with E-state index in [1.807, 2.05) is 0 Å². The highest BCUT2D eigenvalue weighted by molar-refractivity contribution is 5.73. The van der Waals surface area contributed by atoms with E-state index in [1.165, 1.54) is 45.2 Å². The molecule has 3 atom stereocenters. The Labute approximate surface area is 98.8 Å². The Balaban J connectivity index is 2.01. The lowest BCUT2D eigenvalue weighted by molar-refractivity contribution is -0.889. The highest BCUT2D eigenvalue weighted by atomic mass is 16.2. The molecule has 1 amide bonds. The number of rotatable bonds is 1. The van der Waals surface area contributed by atoms with Gasteiger partial charge in [0.05, 0.1) is 20.1 Å². The minimum absolute atomic E-state index is 0.285. The van der Waals surface area contributed by atoms with Crippen LogP contribution in [0.4, 0.5) is 0 Å². The van der Waals surface area contributed by atoms with Crippen LogP contribution in [0.15, 0.2) is 0 Å². The number of nitrogens with zero attached hydrogens (tertiary/aromatic N) is 1. The van der Waals surface area contributed by atoms with Gasteiger partial charge in [-0.3, -0.25) is 4.79 Å². The fraction of sp³-hybridized carbons (Fsp3) is 0.923. The second kappa shape index (κ2) is 5.17. The van der Waals surface area contributed by atoms with Gasteiger partial charge in [-0.05, 0) is 32.1 Å². The number of nitrogens with one attached hydrogen (secondary N) is 1.